The third-order valence-corrected chi connectivity index (χ3v) is 0.957. The molecule has 0 amide bonds. The minimum atomic E-state index is 0.123. The summed E-state index contributed by atoms with van der Waals surface area (Å²) in [6, 6.07) is 3.48. The van der Waals surface area contributed by atoms with Gasteiger partial charge in [-0.2, -0.15) is 10.5 Å². The van der Waals surface area contributed by atoms with Crippen LogP contribution in [0.3, 0.4) is 0 Å². The van der Waals surface area contributed by atoms with Crippen LogP contribution in [0.5, 0.6) is 0 Å². The van der Waals surface area contributed by atoms with Crippen LogP contribution < -0.4 is 5.73 Å². The highest BCUT2D eigenvalue weighted by Crippen LogP contribution is 1.97. The van der Waals surface area contributed by atoms with Gasteiger partial charge < -0.3 is 5.73 Å². The molecular weight excluding hydrogens is 114 g/mol. The maximum absolute atomic E-state index is 8.24. The second kappa shape index (κ2) is 3.65. The van der Waals surface area contributed by atoms with Crippen LogP contribution in [0.2, 0.25) is 0 Å². The lowest BCUT2D eigenvalue weighted by Crippen LogP contribution is -2.01. The number of hydrogen-bond acceptors (Lipinski definition) is 3. The van der Waals surface area contributed by atoms with Gasteiger partial charge >= 0.3 is 0 Å². The van der Waals surface area contributed by atoms with Gasteiger partial charge in [0.25, 0.3) is 0 Å². The van der Waals surface area contributed by atoms with E-state index in [9.17, 15) is 0 Å². The standard InChI is InChI=1S/C6H7N3/c1-5(2-7)6(3-8)4-9/h2,7H2,1H3. The number of hydrogen-bond donors (Lipinski definition) is 1. The van der Waals surface area contributed by atoms with Crippen LogP contribution in [0.25, 0.3) is 0 Å². The van der Waals surface area contributed by atoms with Crippen LogP contribution in [0.1, 0.15) is 6.92 Å². The lowest BCUT2D eigenvalue weighted by Gasteiger charge is -1.90. The van der Waals surface area contributed by atoms with Crippen molar-refractivity contribution < 1.29 is 0 Å². The summed E-state index contributed by atoms with van der Waals surface area (Å²) < 4.78 is 0. The molecule has 9 heavy (non-hydrogen) atoms. The molecule has 0 rings (SSSR count). The van der Waals surface area contributed by atoms with Gasteiger partial charge in [0.15, 0.2) is 0 Å². The van der Waals surface area contributed by atoms with Crippen molar-refractivity contribution in [2.24, 2.45) is 5.73 Å². The van der Waals surface area contributed by atoms with Gasteiger partial charge in [0.05, 0.1) is 0 Å². The zero-order valence-electron chi connectivity index (χ0n) is 5.18. The molecule has 0 aromatic heterocycles. The molecule has 0 saturated carbocycles. The number of rotatable bonds is 1. The lowest BCUT2D eigenvalue weighted by molar-refractivity contribution is 1.12. The highest BCUT2D eigenvalue weighted by Gasteiger charge is 1.95. The van der Waals surface area contributed by atoms with Gasteiger partial charge in [0, 0.05) is 6.54 Å². The van der Waals surface area contributed by atoms with E-state index in [1.807, 2.05) is 0 Å². The van der Waals surface area contributed by atoms with Crippen molar-refractivity contribution in [1.29, 1.82) is 10.5 Å². The Morgan fingerprint density at radius 3 is 2.00 bits per heavy atom. The summed E-state index contributed by atoms with van der Waals surface area (Å²) >= 11 is 0. The molecule has 0 heterocycles. The first-order valence-corrected chi connectivity index (χ1v) is 2.46. The summed E-state index contributed by atoms with van der Waals surface area (Å²) in [6.45, 7) is 1.94. The summed E-state index contributed by atoms with van der Waals surface area (Å²) in [5.41, 5.74) is 5.93. The van der Waals surface area contributed by atoms with E-state index in [-0.39, 0.29) is 12.1 Å². The summed E-state index contributed by atoms with van der Waals surface area (Å²) in [4.78, 5) is 0. The molecule has 0 radical (unpaired) electrons. The topological polar surface area (TPSA) is 73.6 Å². The van der Waals surface area contributed by atoms with Crippen LogP contribution in [0.4, 0.5) is 0 Å². The molecule has 46 valence electrons. The first-order valence-electron chi connectivity index (χ1n) is 2.46. The van der Waals surface area contributed by atoms with Gasteiger partial charge in [0.1, 0.15) is 17.7 Å². The van der Waals surface area contributed by atoms with E-state index in [4.69, 9.17) is 16.3 Å². The van der Waals surface area contributed by atoms with Crippen LogP contribution in [0.15, 0.2) is 11.1 Å². The highest BCUT2D eigenvalue weighted by atomic mass is 14.5. The molecule has 0 aromatic rings. The summed E-state index contributed by atoms with van der Waals surface area (Å²) in [6.07, 6.45) is 0. The van der Waals surface area contributed by atoms with E-state index < -0.39 is 0 Å². The van der Waals surface area contributed by atoms with Crippen LogP contribution in [-0.4, -0.2) is 6.54 Å². The molecule has 0 atom stereocenters. The van der Waals surface area contributed by atoms with E-state index >= 15 is 0 Å². The Hall–Kier alpha value is -1.32. The molecule has 0 aliphatic heterocycles. The second-order valence-corrected chi connectivity index (χ2v) is 1.58. The fourth-order valence-corrected chi connectivity index (χ4v) is 0.318. The van der Waals surface area contributed by atoms with Crippen molar-refractivity contribution in [3.05, 3.63) is 11.1 Å². The average molecular weight is 121 g/mol. The third kappa shape index (κ3) is 1.94. The smallest absolute Gasteiger partial charge is 0.129 e. The monoisotopic (exact) mass is 121 g/mol. The molecule has 3 heteroatoms. The normalized spacial score (nSPS) is 7.11. The molecule has 0 aromatic carbocycles. The Labute approximate surface area is 54.0 Å². The number of allylic oxidation sites excluding steroid dienone is 1. The quantitative estimate of drug-likeness (QED) is 0.507. The fraction of sp³-hybridized carbons (Fsp3) is 0.333. The first-order chi connectivity index (χ1) is 4.26. The molecule has 2 N–H and O–H groups in total. The van der Waals surface area contributed by atoms with Crippen molar-refractivity contribution in [1.82, 2.24) is 0 Å². The van der Waals surface area contributed by atoms with E-state index in [1.165, 1.54) is 0 Å². The van der Waals surface area contributed by atoms with E-state index in [1.54, 1.807) is 19.1 Å². The highest BCUT2D eigenvalue weighted by molar-refractivity contribution is 5.39. The van der Waals surface area contributed by atoms with Crippen LogP contribution in [-0.2, 0) is 0 Å². The maximum atomic E-state index is 8.24. The van der Waals surface area contributed by atoms with Gasteiger partial charge in [0.2, 0.25) is 0 Å². The third-order valence-electron chi connectivity index (χ3n) is 0.957. The van der Waals surface area contributed by atoms with Crippen LogP contribution >= 0.6 is 0 Å². The molecule has 0 fully saturated rings. The molecule has 0 spiro atoms. The Morgan fingerprint density at radius 1 is 1.44 bits per heavy atom. The summed E-state index contributed by atoms with van der Waals surface area (Å²) in [7, 11) is 0. The van der Waals surface area contributed by atoms with Gasteiger partial charge in [-0.1, -0.05) is 0 Å². The zero-order chi connectivity index (χ0) is 7.28. The van der Waals surface area contributed by atoms with E-state index in [2.05, 4.69) is 0 Å². The lowest BCUT2D eigenvalue weighted by atomic mass is 10.2. The Morgan fingerprint density at radius 2 is 1.89 bits per heavy atom. The predicted octanol–water partition coefficient (Wildman–Crippen LogP) is 0.309. The molecule has 0 bridgehead atoms. The van der Waals surface area contributed by atoms with Gasteiger partial charge in [-0.3, -0.25) is 0 Å². The van der Waals surface area contributed by atoms with Crippen molar-refractivity contribution >= 4 is 0 Å². The Bertz CT molecular complexity index is 185. The molecule has 0 saturated heterocycles. The predicted molar refractivity (Wildman–Crippen MR) is 33.0 cm³/mol. The minimum absolute atomic E-state index is 0.123. The Balaban J connectivity index is 4.49. The van der Waals surface area contributed by atoms with E-state index in [0.717, 1.165) is 0 Å². The summed E-state index contributed by atoms with van der Waals surface area (Å²) in [5, 5.41) is 16.5. The van der Waals surface area contributed by atoms with Gasteiger partial charge in [-0.05, 0) is 12.5 Å². The average Bonchev–Trinajstić information content (AvgIpc) is 1.90. The van der Waals surface area contributed by atoms with Crippen molar-refractivity contribution in [3.63, 3.8) is 0 Å². The first kappa shape index (κ1) is 7.68. The molecule has 0 aliphatic carbocycles. The molecular formula is C6H7N3. The molecule has 0 unspecified atom stereocenters. The number of nitrogens with zero attached hydrogens (tertiary/aromatic N) is 2. The van der Waals surface area contributed by atoms with Crippen molar-refractivity contribution in [2.75, 3.05) is 6.54 Å². The minimum Gasteiger partial charge on any atom is -0.327 e. The van der Waals surface area contributed by atoms with Crippen molar-refractivity contribution in [3.8, 4) is 12.1 Å². The second-order valence-electron chi connectivity index (χ2n) is 1.58. The fourth-order valence-electron chi connectivity index (χ4n) is 0.318. The number of nitriles is 2. The Kier molecular flexibility index (Phi) is 3.12. The van der Waals surface area contributed by atoms with E-state index in [0.29, 0.717) is 5.57 Å². The molecule has 3 nitrogen and oxygen atoms in total. The number of nitrogens with two attached hydrogens (primary N) is 1. The van der Waals surface area contributed by atoms with Crippen LogP contribution in [0, 0.1) is 22.7 Å². The van der Waals surface area contributed by atoms with Crippen molar-refractivity contribution in [2.45, 2.75) is 6.92 Å². The maximum Gasteiger partial charge on any atom is 0.129 e. The van der Waals surface area contributed by atoms with Gasteiger partial charge in [-0.25, -0.2) is 0 Å². The zero-order valence-corrected chi connectivity index (χ0v) is 5.18. The molecule has 0 aliphatic rings. The van der Waals surface area contributed by atoms with Gasteiger partial charge in [-0.15, -0.1) is 0 Å². The summed E-state index contributed by atoms with van der Waals surface area (Å²) in [5.74, 6) is 0. The SMILES string of the molecule is CC(CN)=C(C#N)C#N. The largest absolute Gasteiger partial charge is 0.327 e.